The number of carbonyl (C=O) groups is 1. The average molecular weight is 610 g/mol. The van der Waals surface area contributed by atoms with Crippen LogP contribution in [0.2, 0.25) is 0 Å². The Labute approximate surface area is 267 Å². The maximum atomic E-state index is 13.5. The summed E-state index contributed by atoms with van der Waals surface area (Å²) in [6, 6.07) is 21.0. The molecule has 1 saturated carbocycles. The lowest BCUT2D eigenvalue weighted by Gasteiger charge is -2.29. The summed E-state index contributed by atoms with van der Waals surface area (Å²) in [4.78, 5) is 27.7. The molecule has 1 amide bonds. The van der Waals surface area contributed by atoms with Crippen LogP contribution in [-0.2, 0) is 11.3 Å². The Bertz CT molecular complexity index is 1570. The van der Waals surface area contributed by atoms with Gasteiger partial charge in [-0.3, -0.25) is 9.69 Å². The van der Waals surface area contributed by atoms with Crippen LogP contribution in [0.15, 0.2) is 60.7 Å². The van der Waals surface area contributed by atoms with E-state index in [1.807, 2.05) is 43.3 Å². The van der Waals surface area contributed by atoms with E-state index in [2.05, 4.69) is 63.4 Å². The van der Waals surface area contributed by atoms with Crippen molar-refractivity contribution in [2.45, 2.75) is 51.6 Å². The van der Waals surface area contributed by atoms with Crippen LogP contribution in [0.5, 0.6) is 0 Å². The molecule has 6 rings (SSSR count). The molecule has 1 saturated heterocycles. The molecule has 0 bridgehead atoms. The molecule has 2 aliphatic rings. The van der Waals surface area contributed by atoms with Crippen LogP contribution in [0.4, 0.5) is 11.8 Å². The Morgan fingerprint density at radius 3 is 2.44 bits per heavy atom. The van der Waals surface area contributed by atoms with Crippen molar-refractivity contribution in [1.29, 1.82) is 0 Å². The molecule has 0 radical (unpaired) electrons. The van der Waals surface area contributed by atoms with Gasteiger partial charge in [0.2, 0.25) is 5.95 Å². The van der Waals surface area contributed by atoms with Gasteiger partial charge in [-0.15, -0.1) is 0 Å². The molecule has 0 spiro atoms. The van der Waals surface area contributed by atoms with E-state index in [4.69, 9.17) is 14.7 Å². The molecule has 9 heteroatoms. The lowest BCUT2D eigenvalue weighted by molar-refractivity contribution is 0.0369. The summed E-state index contributed by atoms with van der Waals surface area (Å²) in [5.74, 6) is 2.11. The van der Waals surface area contributed by atoms with Crippen LogP contribution < -0.4 is 15.5 Å². The number of amides is 1. The minimum Gasteiger partial charge on any atom is -0.379 e. The van der Waals surface area contributed by atoms with Crippen molar-refractivity contribution in [1.82, 2.24) is 24.8 Å². The summed E-state index contributed by atoms with van der Waals surface area (Å²) in [6.07, 6.45) is 5.22. The van der Waals surface area contributed by atoms with Crippen LogP contribution in [0.25, 0.3) is 22.2 Å². The van der Waals surface area contributed by atoms with Crippen LogP contribution >= 0.6 is 0 Å². The third kappa shape index (κ3) is 7.48. The van der Waals surface area contributed by atoms with Gasteiger partial charge in [-0.05, 0) is 68.7 Å². The predicted octanol–water partition coefficient (Wildman–Crippen LogP) is 5.60. The zero-order valence-electron chi connectivity index (χ0n) is 27.0. The van der Waals surface area contributed by atoms with Crippen LogP contribution in [0, 0.1) is 12.8 Å². The Hall–Kier alpha value is -3.95. The van der Waals surface area contributed by atoms with Crippen molar-refractivity contribution in [3.05, 3.63) is 71.9 Å². The fourth-order valence-electron chi connectivity index (χ4n) is 6.78. The maximum Gasteiger partial charge on any atom is 0.253 e. The summed E-state index contributed by atoms with van der Waals surface area (Å²) in [5.41, 5.74) is 5.02. The Balaban J connectivity index is 1.05. The van der Waals surface area contributed by atoms with E-state index >= 15 is 0 Å². The number of rotatable bonds is 11. The number of hydrogen-bond acceptors (Lipinski definition) is 7. The summed E-state index contributed by atoms with van der Waals surface area (Å²) >= 11 is 0. The Morgan fingerprint density at radius 2 is 1.69 bits per heavy atom. The molecular weight excluding hydrogens is 562 g/mol. The molecule has 4 aromatic rings. The SMILES string of the molecule is Cc1c(C(=O)NCC2CCC(Nc3nc(N(C)C)c4ccccc4n3)CC2)cc(-c2ccccc2)n1CCCN1CCOCC1. The van der Waals surface area contributed by atoms with Gasteiger partial charge < -0.3 is 24.8 Å². The molecule has 1 aliphatic heterocycles. The van der Waals surface area contributed by atoms with E-state index in [0.717, 1.165) is 111 Å². The second-order valence-corrected chi connectivity index (χ2v) is 12.7. The minimum absolute atomic E-state index is 0.0256. The number of carbonyl (C=O) groups excluding carboxylic acids is 1. The second kappa shape index (κ2) is 14.4. The molecule has 238 valence electrons. The van der Waals surface area contributed by atoms with Crippen molar-refractivity contribution in [3.8, 4) is 11.3 Å². The van der Waals surface area contributed by atoms with Gasteiger partial charge in [-0.2, -0.15) is 4.98 Å². The lowest BCUT2D eigenvalue weighted by Crippen LogP contribution is -2.37. The number of benzene rings is 2. The van der Waals surface area contributed by atoms with Gasteiger partial charge in [0.05, 0.1) is 24.3 Å². The number of hydrogen-bond donors (Lipinski definition) is 2. The molecule has 2 N–H and O–H groups in total. The summed E-state index contributed by atoms with van der Waals surface area (Å²) in [5, 5.41) is 7.95. The maximum absolute atomic E-state index is 13.5. The highest BCUT2D eigenvalue weighted by Gasteiger charge is 2.24. The smallest absolute Gasteiger partial charge is 0.253 e. The minimum atomic E-state index is 0.0256. The Kier molecular flexibility index (Phi) is 9.96. The zero-order valence-corrected chi connectivity index (χ0v) is 27.0. The topological polar surface area (TPSA) is 87.6 Å². The van der Waals surface area contributed by atoms with E-state index < -0.39 is 0 Å². The van der Waals surface area contributed by atoms with Gasteiger partial charge in [0.1, 0.15) is 5.82 Å². The van der Waals surface area contributed by atoms with Gasteiger partial charge in [-0.1, -0.05) is 42.5 Å². The molecule has 2 aromatic heterocycles. The molecule has 0 unspecified atom stereocenters. The van der Waals surface area contributed by atoms with Crippen molar-refractivity contribution in [2.24, 2.45) is 5.92 Å². The Morgan fingerprint density at radius 1 is 0.956 bits per heavy atom. The number of ether oxygens (including phenoxy) is 1. The fourth-order valence-corrected chi connectivity index (χ4v) is 6.78. The molecule has 45 heavy (non-hydrogen) atoms. The number of fused-ring (bicyclic) bond motifs is 1. The molecular formula is C36H47N7O2. The molecule has 3 heterocycles. The first-order valence-corrected chi connectivity index (χ1v) is 16.5. The third-order valence-corrected chi connectivity index (χ3v) is 9.38. The summed E-state index contributed by atoms with van der Waals surface area (Å²) in [6.45, 7) is 8.34. The van der Waals surface area contributed by atoms with Crippen LogP contribution in [0.1, 0.15) is 48.2 Å². The first-order valence-electron chi connectivity index (χ1n) is 16.5. The van der Waals surface area contributed by atoms with Gasteiger partial charge in [0.15, 0.2) is 0 Å². The van der Waals surface area contributed by atoms with E-state index in [9.17, 15) is 4.79 Å². The lowest BCUT2D eigenvalue weighted by atomic mass is 9.86. The fraction of sp³-hybridized carbons (Fsp3) is 0.472. The van der Waals surface area contributed by atoms with Crippen LogP contribution in [0.3, 0.4) is 0 Å². The molecule has 9 nitrogen and oxygen atoms in total. The standard InChI is InChI=1S/C36H47N7O2/c1-26-31(24-33(28-10-5-4-6-11-28)43(26)19-9-18-42-20-22-45-23-21-42)35(44)37-25-27-14-16-29(17-15-27)38-36-39-32-13-8-7-12-30(32)34(40-36)41(2)3/h4-8,10-13,24,27,29H,9,14-23,25H2,1-3H3,(H,37,44)(H,38,39,40). The average Bonchev–Trinajstić information content (AvgIpc) is 3.40. The number of nitrogens with one attached hydrogen (secondary N) is 2. The number of nitrogens with zero attached hydrogens (tertiary/aromatic N) is 5. The number of aromatic nitrogens is 3. The molecule has 2 aromatic carbocycles. The van der Waals surface area contributed by atoms with Gasteiger partial charge in [-0.25, -0.2) is 4.98 Å². The molecule has 0 atom stereocenters. The second-order valence-electron chi connectivity index (χ2n) is 12.7. The van der Waals surface area contributed by atoms with Crippen LogP contribution in [-0.4, -0.2) is 84.9 Å². The molecule has 2 fully saturated rings. The van der Waals surface area contributed by atoms with Crippen molar-refractivity contribution < 1.29 is 9.53 Å². The number of anilines is 2. The van der Waals surface area contributed by atoms with Gasteiger partial charge >= 0.3 is 0 Å². The van der Waals surface area contributed by atoms with Gasteiger partial charge in [0.25, 0.3) is 5.91 Å². The highest BCUT2D eigenvalue weighted by atomic mass is 16.5. The first kappa shape index (κ1) is 31.0. The number of para-hydroxylation sites is 1. The van der Waals surface area contributed by atoms with E-state index in [0.29, 0.717) is 24.5 Å². The highest BCUT2D eigenvalue weighted by molar-refractivity contribution is 5.97. The highest BCUT2D eigenvalue weighted by Crippen LogP contribution is 2.29. The van der Waals surface area contributed by atoms with E-state index in [1.54, 1.807) is 0 Å². The summed E-state index contributed by atoms with van der Waals surface area (Å²) < 4.78 is 7.84. The van der Waals surface area contributed by atoms with Gasteiger partial charge in [0, 0.05) is 69.6 Å². The monoisotopic (exact) mass is 609 g/mol. The third-order valence-electron chi connectivity index (χ3n) is 9.38. The first-order chi connectivity index (χ1) is 22.0. The van der Waals surface area contributed by atoms with Crippen molar-refractivity contribution >= 4 is 28.6 Å². The quantitative estimate of drug-likeness (QED) is 0.229. The normalized spacial score (nSPS) is 19.0. The predicted molar refractivity (Wildman–Crippen MR) is 182 cm³/mol. The van der Waals surface area contributed by atoms with E-state index in [-0.39, 0.29) is 5.91 Å². The van der Waals surface area contributed by atoms with Crippen molar-refractivity contribution in [2.75, 3.05) is 63.7 Å². The summed E-state index contributed by atoms with van der Waals surface area (Å²) in [7, 11) is 4.04. The molecule has 1 aliphatic carbocycles. The van der Waals surface area contributed by atoms with Crippen molar-refractivity contribution in [3.63, 3.8) is 0 Å². The van der Waals surface area contributed by atoms with E-state index in [1.165, 1.54) is 0 Å². The number of morpholine rings is 1. The largest absolute Gasteiger partial charge is 0.379 e. The zero-order chi connectivity index (χ0) is 31.2.